The summed E-state index contributed by atoms with van der Waals surface area (Å²) in [6.45, 7) is 4.34. The number of quaternary nitrogens is 1. The Balaban J connectivity index is 3.95. The number of esters is 2. The average Bonchev–Trinajstić information content (AvgIpc) is 0.920. The van der Waals surface area contributed by atoms with Crippen LogP contribution in [0, 0.1) is 0 Å². The number of rotatable bonds is 80. The van der Waals surface area contributed by atoms with E-state index in [0.29, 0.717) is 17.4 Å². The molecule has 1 N–H and O–H groups in total. The topological polar surface area (TPSA) is 108 Å². The van der Waals surface area contributed by atoms with Crippen LogP contribution in [0.5, 0.6) is 0 Å². The summed E-state index contributed by atoms with van der Waals surface area (Å²) >= 11 is 0. The van der Waals surface area contributed by atoms with Crippen LogP contribution < -0.4 is 0 Å². The van der Waals surface area contributed by atoms with Gasteiger partial charge < -0.3 is 18.9 Å². The van der Waals surface area contributed by atoms with Gasteiger partial charge in [0.05, 0.1) is 27.7 Å². The summed E-state index contributed by atoms with van der Waals surface area (Å²) in [7, 11) is 1.48. The Bertz CT molecular complexity index is 2280. The lowest BCUT2D eigenvalue weighted by atomic mass is 10.0. The number of allylic oxidation sites excluding steroid dienone is 24. The standard InChI is InChI=1S/C94H164NO8P/c1-6-8-10-12-14-16-18-20-22-24-26-28-30-32-34-36-38-40-42-44-46-47-49-51-53-55-57-59-61-63-65-67-69-71-73-75-77-79-81-83-85-87-94(97)103-92(91-102-104(98,99)101-89-88-95(3,4)5)90-100-93(96)86-84-82-80-78-76-74-72-70-68-66-64-62-60-58-56-54-52-50-48-45-43-41-39-37-35-33-31-29-27-25-23-21-19-17-15-13-11-9-7-2/h8,10,14,16,19-22,25-28,31-34,38,40,44,46,49,51,55,57,92H,6-7,9,11-13,15,17-18,23-24,29-30,35-37,39,41-43,45,47-48,50,52-54,56,58-91H2,1-5H3/p+1/b10-8-,16-14-,21-19-,22-20-,27-25-,28-26-,33-31-,34-32-,40-38-,46-44-,51-49-,57-55-. The van der Waals surface area contributed by atoms with Gasteiger partial charge in [-0.2, -0.15) is 0 Å². The zero-order chi connectivity index (χ0) is 75.4. The Kier molecular flexibility index (Phi) is 79.7. The van der Waals surface area contributed by atoms with Gasteiger partial charge >= 0.3 is 19.8 Å². The van der Waals surface area contributed by atoms with E-state index in [0.717, 1.165) is 109 Å². The van der Waals surface area contributed by atoms with Crippen LogP contribution in [0.25, 0.3) is 0 Å². The molecule has 104 heavy (non-hydrogen) atoms. The zero-order valence-electron chi connectivity index (χ0n) is 68.5. The fourth-order valence-corrected chi connectivity index (χ4v) is 13.0. The molecule has 2 unspecified atom stereocenters. The summed E-state index contributed by atoms with van der Waals surface area (Å²) < 4.78 is 34.9. The summed E-state index contributed by atoms with van der Waals surface area (Å²) in [6.07, 6.45) is 123. The maximum atomic E-state index is 12.9. The van der Waals surface area contributed by atoms with Crippen molar-refractivity contribution in [3.8, 4) is 0 Å². The first-order valence-electron chi connectivity index (χ1n) is 43.6. The van der Waals surface area contributed by atoms with Gasteiger partial charge in [0.1, 0.15) is 19.8 Å². The van der Waals surface area contributed by atoms with Crippen molar-refractivity contribution in [3.63, 3.8) is 0 Å². The molecule has 0 amide bonds. The fourth-order valence-electron chi connectivity index (χ4n) is 12.3. The van der Waals surface area contributed by atoms with E-state index in [1.54, 1.807) is 0 Å². The van der Waals surface area contributed by atoms with Crippen molar-refractivity contribution in [2.45, 2.75) is 392 Å². The summed E-state index contributed by atoms with van der Waals surface area (Å²) in [6, 6.07) is 0. The molecule has 598 valence electrons. The minimum Gasteiger partial charge on any atom is -0.462 e. The molecule has 0 aromatic rings. The van der Waals surface area contributed by atoms with Crippen LogP contribution in [0.3, 0.4) is 0 Å². The Morgan fingerprint density at radius 1 is 0.308 bits per heavy atom. The molecular formula is C94H165NO8P+. The number of hydrogen-bond donors (Lipinski definition) is 1. The van der Waals surface area contributed by atoms with Crippen LogP contribution in [0.1, 0.15) is 386 Å². The highest BCUT2D eigenvalue weighted by molar-refractivity contribution is 7.47. The molecule has 0 aromatic heterocycles. The molecule has 0 aromatic carbocycles. The molecule has 0 saturated carbocycles. The summed E-state index contributed by atoms with van der Waals surface area (Å²) in [4.78, 5) is 36.1. The quantitative estimate of drug-likeness (QED) is 0.0211. The van der Waals surface area contributed by atoms with E-state index in [4.69, 9.17) is 18.5 Å². The molecule has 0 bridgehead atoms. The minimum absolute atomic E-state index is 0.0283. The van der Waals surface area contributed by atoms with Gasteiger partial charge in [0, 0.05) is 12.8 Å². The van der Waals surface area contributed by atoms with Gasteiger partial charge in [0.25, 0.3) is 0 Å². The monoisotopic (exact) mass is 1470 g/mol. The summed E-state index contributed by atoms with van der Waals surface area (Å²) in [5.74, 6) is -0.788. The van der Waals surface area contributed by atoms with E-state index in [2.05, 4.69) is 160 Å². The Morgan fingerprint density at radius 2 is 0.548 bits per heavy atom. The van der Waals surface area contributed by atoms with Crippen molar-refractivity contribution in [3.05, 3.63) is 146 Å². The van der Waals surface area contributed by atoms with Crippen LogP contribution in [-0.4, -0.2) is 74.9 Å². The van der Waals surface area contributed by atoms with Crippen LogP contribution in [0.2, 0.25) is 0 Å². The number of hydrogen-bond acceptors (Lipinski definition) is 7. The lowest BCUT2D eigenvalue weighted by Gasteiger charge is -2.24. The number of nitrogens with zero attached hydrogens (tertiary/aromatic N) is 1. The highest BCUT2D eigenvalue weighted by atomic mass is 31.2. The van der Waals surface area contributed by atoms with Crippen LogP contribution in [0.15, 0.2) is 146 Å². The molecule has 0 aliphatic carbocycles. The zero-order valence-corrected chi connectivity index (χ0v) is 69.4. The van der Waals surface area contributed by atoms with Crippen molar-refractivity contribution in [1.82, 2.24) is 0 Å². The van der Waals surface area contributed by atoms with Gasteiger partial charge in [0.2, 0.25) is 0 Å². The predicted octanol–water partition coefficient (Wildman–Crippen LogP) is 29.6. The number of ether oxygens (including phenoxy) is 2. The lowest BCUT2D eigenvalue weighted by molar-refractivity contribution is -0.870. The second-order valence-corrected chi connectivity index (χ2v) is 31.6. The molecular weight excluding hydrogens is 1300 g/mol. The van der Waals surface area contributed by atoms with E-state index >= 15 is 0 Å². The number of phosphoric ester groups is 1. The first-order valence-corrected chi connectivity index (χ1v) is 45.1. The smallest absolute Gasteiger partial charge is 0.462 e. The summed E-state index contributed by atoms with van der Waals surface area (Å²) in [5.41, 5.74) is 0. The SMILES string of the molecule is CC/C=C\C/C=C\C/C=C\C/C=C\C/C=C\C/C=C\C/C=C\C/C=C\C/C=C\CCCCCCCCCCCCCCCC(=O)OC(COC(=O)CCCCCCCCCCCCCCCCCCCCCCCCCC/C=C\C/C=C\C/C=C\CCCCCCC)COP(=O)(O)OCC[N+](C)(C)C. The number of carbonyl (C=O) groups excluding carboxylic acids is 2. The van der Waals surface area contributed by atoms with E-state index in [1.165, 1.54) is 244 Å². The van der Waals surface area contributed by atoms with Crippen molar-refractivity contribution in [1.29, 1.82) is 0 Å². The second-order valence-electron chi connectivity index (χ2n) is 30.2. The largest absolute Gasteiger partial charge is 0.472 e. The average molecular weight is 1470 g/mol. The van der Waals surface area contributed by atoms with Crippen LogP contribution in [-0.2, 0) is 32.7 Å². The highest BCUT2D eigenvalue weighted by Gasteiger charge is 2.27. The molecule has 0 spiro atoms. The predicted molar refractivity (Wildman–Crippen MR) is 454 cm³/mol. The van der Waals surface area contributed by atoms with Crippen LogP contribution in [0.4, 0.5) is 0 Å². The first kappa shape index (κ1) is 99.9. The van der Waals surface area contributed by atoms with Crippen molar-refractivity contribution in [2.24, 2.45) is 0 Å². The van der Waals surface area contributed by atoms with Crippen LogP contribution >= 0.6 is 7.82 Å². The number of unbranched alkanes of at least 4 members (excludes halogenated alkanes) is 42. The number of phosphoric acid groups is 1. The maximum Gasteiger partial charge on any atom is 0.472 e. The van der Waals surface area contributed by atoms with Gasteiger partial charge in [-0.05, 0) is 122 Å². The van der Waals surface area contributed by atoms with E-state index in [-0.39, 0.29) is 32.0 Å². The van der Waals surface area contributed by atoms with Gasteiger partial charge in [-0.15, -0.1) is 0 Å². The van der Waals surface area contributed by atoms with Gasteiger partial charge in [-0.1, -0.05) is 397 Å². The molecule has 0 aliphatic heterocycles. The van der Waals surface area contributed by atoms with E-state index in [1.807, 2.05) is 21.1 Å². The lowest BCUT2D eigenvalue weighted by Crippen LogP contribution is -2.37. The molecule has 0 fully saturated rings. The summed E-state index contributed by atoms with van der Waals surface area (Å²) in [5, 5.41) is 0. The van der Waals surface area contributed by atoms with Crippen molar-refractivity contribution >= 4 is 19.8 Å². The third kappa shape index (κ3) is 86.8. The Morgan fingerprint density at radius 3 is 0.817 bits per heavy atom. The number of carbonyl (C=O) groups is 2. The second kappa shape index (κ2) is 82.9. The van der Waals surface area contributed by atoms with Gasteiger partial charge in [-0.3, -0.25) is 18.6 Å². The normalized spacial score (nSPS) is 13.7. The fraction of sp³-hybridized carbons (Fsp3) is 0.723. The minimum atomic E-state index is -4.40. The molecule has 0 heterocycles. The van der Waals surface area contributed by atoms with Gasteiger partial charge in [-0.25, -0.2) is 4.57 Å². The third-order valence-electron chi connectivity index (χ3n) is 18.9. The molecule has 0 radical (unpaired) electrons. The van der Waals surface area contributed by atoms with E-state index in [9.17, 15) is 19.0 Å². The van der Waals surface area contributed by atoms with Crippen molar-refractivity contribution < 1.29 is 42.1 Å². The van der Waals surface area contributed by atoms with E-state index < -0.39 is 26.5 Å². The number of likely N-dealkylation sites (N-methyl/N-ethyl adjacent to an activating group) is 1. The first-order chi connectivity index (χ1) is 51.0. The highest BCUT2D eigenvalue weighted by Crippen LogP contribution is 2.43. The van der Waals surface area contributed by atoms with Crippen molar-refractivity contribution in [2.75, 3.05) is 47.5 Å². The molecule has 10 heteroatoms. The maximum absolute atomic E-state index is 12.9. The molecule has 9 nitrogen and oxygen atoms in total. The third-order valence-corrected chi connectivity index (χ3v) is 19.8. The molecule has 2 atom stereocenters. The molecule has 0 rings (SSSR count). The molecule has 0 saturated heterocycles. The Hall–Kier alpha value is -4.11. The Labute approximate surface area is 643 Å². The molecule has 0 aliphatic rings. The van der Waals surface area contributed by atoms with Gasteiger partial charge in [0.15, 0.2) is 6.10 Å².